The molecule has 0 aliphatic heterocycles. The van der Waals surface area contributed by atoms with E-state index in [1.54, 1.807) is 0 Å². The maximum absolute atomic E-state index is 3.56. The smallest absolute Gasteiger partial charge is 0.0299 e. The zero-order valence-corrected chi connectivity index (χ0v) is 10.8. The average Bonchev–Trinajstić information content (AvgIpc) is 2.76. The van der Waals surface area contributed by atoms with E-state index in [0.29, 0.717) is 0 Å². The van der Waals surface area contributed by atoms with Crippen molar-refractivity contribution >= 4 is 11.3 Å². The number of unbranched alkanes of at least 4 members (excludes halogenated alkanes) is 1. The summed E-state index contributed by atoms with van der Waals surface area (Å²) in [5.74, 6) is 0.866. The van der Waals surface area contributed by atoms with Crippen LogP contribution in [0.1, 0.15) is 44.4 Å². The highest BCUT2D eigenvalue weighted by molar-refractivity contribution is 7.09. The van der Waals surface area contributed by atoms with Gasteiger partial charge in [-0.05, 0) is 30.3 Å². The molecule has 1 atom stereocenters. The van der Waals surface area contributed by atoms with Gasteiger partial charge in [-0.3, -0.25) is 0 Å². The second-order valence-electron chi connectivity index (χ2n) is 4.13. The van der Waals surface area contributed by atoms with Gasteiger partial charge in [0.05, 0.1) is 0 Å². The normalized spacial score (nSPS) is 12.9. The van der Waals surface area contributed by atoms with E-state index in [1.165, 1.54) is 37.1 Å². The van der Waals surface area contributed by atoms with Crippen molar-refractivity contribution in [3.05, 3.63) is 22.4 Å². The molecule has 0 aliphatic carbocycles. The zero-order valence-electron chi connectivity index (χ0n) is 9.96. The fourth-order valence-electron chi connectivity index (χ4n) is 1.76. The molecule has 0 amide bonds. The molecule has 0 aromatic carbocycles. The fraction of sp³-hybridized carbons (Fsp3) is 0.692. The van der Waals surface area contributed by atoms with Gasteiger partial charge in [-0.25, -0.2) is 0 Å². The number of hydrogen-bond acceptors (Lipinski definition) is 2. The quantitative estimate of drug-likeness (QED) is 0.703. The van der Waals surface area contributed by atoms with Crippen LogP contribution in [0, 0.1) is 5.92 Å². The molecule has 1 N–H and O–H groups in total. The van der Waals surface area contributed by atoms with Crippen molar-refractivity contribution in [1.29, 1.82) is 0 Å². The summed E-state index contributed by atoms with van der Waals surface area (Å²) in [7, 11) is 0. The maximum Gasteiger partial charge on any atom is 0.0299 e. The lowest BCUT2D eigenvalue weighted by Gasteiger charge is -2.14. The largest absolute Gasteiger partial charge is 0.312 e. The van der Waals surface area contributed by atoms with Gasteiger partial charge in [0, 0.05) is 11.4 Å². The molecule has 1 aromatic rings. The third-order valence-corrected chi connectivity index (χ3v) is 3.73. The summed E-state index contributed by atoms with van der Waals surface area (Å²) < 4.78 is 0. The van der Waals surface area contributed by atoms with Crippen LogP contribution in [0.4, 0.5) is 0 Å². The second-order valence-corrected chi connectivity index (χ2v) is 5.16. The molecule has 0 aliphatic rings. The summed E-state index contributed by atoms with van der Waals surface area (Å²) in [6.45, 7) is 6.79. The van der Waals surface area contributed by atoms with Gasteiger partial charge in [-0.1, -0.05) is 39.2 Å². The Morgan fingerprint density at radius 1 is 1.40 bits per heavy atom. The van der Waals surface area contributed by atoms with E-state index >= 15 is 0 Å². The molecule has 1 nitrogen and oxygen atoms in total. The molecule has 1 rings (SSSR count). The van der Waals surface area contributed by atoms with Crippen molar-refractivity contribution in [2.75, 3.05) is 6.54 Å². The Hall–Kier alpha value is -0.340. The van der Waals surface area contributed by atoms with E-state index in [-0.39, 0.29) is 0 Å². The van der Waals surface area contributed by atoms with Crippen molar-refractivity contribution in [2.45, 2.75) is 46.1 Å². The summed E-state index contributed by atoms with van der Waals surface area (Å²) in [6, 6.07) is 4.32. The summed E-state index contributed by atoms with van der Waals surface area (Å²) in [6.07, 6.45) is 5.38. The molecule has 0 unspecified atom stereocenters. The Bertz CT molecular complexity index is 231. The topological polar surface area (TPSA) is 12.0 Å². The maximum atomic E-state index is 3.56. The third-order valence-electron chi connectivity index (χ3n) is 2.86. The second kappa shape index (κ2) is 7.89. The van der Waals surface area contributed by atoms with E-state index < -0.39 is 0 Å². The van der Waals surface area contributed by atoms with Crippen LogP contribution in [0.25, 0.3) is 0 Å². The highest BCUT2D eigenvalue weighted by Crippen LogP contribution is 2.12. The Balaban J connectivity index is 2.11. The fourth-order valence-corrected chi connectivity index (χ4v) is 2.43. The predicted octanol–water partition coefficient (Wildman–Crippen LogP) is 4.05. The molecule has 1 aromatic heterocycles. The Labute approximate surface area is 97.9 Å². The minimum Gasteiger partial charge on any atom is -0.312 e. The first kappa shape index (κ1) is 12.7. The predicted molar refractivity (Wildman–Crippen MR) is 69.3 cm³/mol. The van der Waals surface area contributed by atoms with Gasteiger partial charge >= 0.3 is 0 Å². The number of rotatable bonds is 8. The van der Waals surface area contributed by atoms with Crippen LogP contribution in [0.3, 0.4) is 0 Å². The minimum absolute atomic E-state index is 0.866. The van der Waals surface area contributed by atoms with E-state index in [4.69, 9.17) is 0 Å². The molecule has 0 saturated carbocycles. The number of nitrogens with one attached hydrogen (secondary N) is 1. The molecule has 0 saturated heterocycles. The molecule has 0 fully saturated rings. The van der Waals surface area contributed by atoms with Crippen molar-refractivity contribution < 1.29 is 0 Å². The van der Waals surface area contributed by atoms with Crippen LogP contribution >= 0.6 is 11.3 Å². The summed E-state index contributed by atoms with van der Waals surface area (Å²) in [5.41, 5.74) is 0. The van der Waals surface area contributed by atoms with Crippen LogP contribution in [0.2, 0.25) is 0 Å². The van der Waals surface area contributed by atoms with E-state index in [9.17, 15) is 0 Å². The molecule has 1 heterocycles. The highest BCUT2D eigenvalue weighted by atomic mass is 32.1. The van der Waals surface area contributed by atoms with Gasteiger partial charge in [0.25, 0.3) is 0 Å². The Kier molecular flexibility index (Phi) is 6.69. The standard InChI is InChI=1S/C13H23NS/c1-3-5-7-12(4-2)10-14-11-13-8-6-9-15-13/h6,8-9,12,14H,3-5,7,10-11H2,1-2H3/t12-/m0/s1. The lowest BCUT2D eigenvalue weighted by molar-refractivity contribution is 0.420. The first-order valence-corrected chi connectivity index (χ1v) is 6.97. The number of thiophene rings is 1. The van der Waals surface area contributed by atoms with Crippen LogP contribution in [0.15, 0.2) is 17.5 Å². The average molecular weight is 225 g/mol. The molecule has 0 bridgehead atoms. The van der Waals surface area contributed by atoms with E-state index in [2.05, 4.69) is 36.7 Å². The first-order chi connectivity index (χ1) is 7.36. The van der Waals surface area contributed by atoms with Crippen LogP contribution < -0.4 is 5.32 Å². The van der Waals surface area contributed by atoms with E-state index in [0.717, 1.165) is 12.5 Å². The monoisotopic (exact) mass is 225 g/mol. The van der Waals surface area contributed by atoms with Crippen LogP contribution in [-0.4, -0.2) is 6.54 Å². The SMILES string of the molecule is CCCC[C@H](CC)CNCc1cccs1. The summed E-state index contributed by atoms with van der Waals surface area (Å²) in [5, 5.41) is 5.70. The number of hydrogen-bond donors (Lipinski definition) is 1. The molecular weight excluding hydrogens is 202 g/mol. The van der Waals surface area contributed by atoms with Gasteiger partial charge in [-0.2, -0.15) is 0 Å². The molecule has 2 heteroatoms. The Morgan fingerprint density at radius 3 is 2.87 bits per heavy atom. The minimum atomic E-state index is 0.866. The van der Waals surface area contributed by atoms with Crippen LogP contribution in [0.5, 0.6) is 0 Å². The van der Waals surface area contributed by atoms with Crippen LogP contribution in [-0.2, 0) is 6.54 Å². The molecular formula is C13H23NS. The van der Waals surface area contributed by atoms with Crippen molar-refractivity contribution in [3.63, 3.8) is 0 Å². The summed E-state index contributed by atoms with van der Waals surface area (Å²) in [4.78, 5) is 1.44. The first-order valence-electron chi connectivity index (χ1n) is 6.09. The van der Waals surface area contributed by atoms with Crippen molar-refractivity contribution in [3.8, 4) is 0 Å². The van der Waals surface area contributed by atoms with Crippen molar-refractivity contribution in [2.24, 2.45) is 5.92 Å². The molecule has 86 valence electrons. The molecule has 15 heavy (non-hydrogen) atoms. The van der Waals surface area contributed by atoms with Gasteiger partial charge in [0.15, 0.2) is 0 Å². The van der Waals surface area contributed by atoms with E-state index in [1.807, 2.05) is 11.3 Å². The van der Waals surface area contributed by atoms with Gasteiger partial charge in [0.2, 0.25) is 0 Å². The van der Waals surface area contributed by atoms with Gasteiger partial charge in [-0.15, -0.1) is 11.3 Å². The zero-order chi connectivity index (χ0) is 10.9. The lowest BCUT2D eigenvalue weighted by Crippen LogP contribution is -2.21. The Morgan fingerprint density at radius 2 is 2.27 bits per heavy atom. The molecule has 0 spiro atoms. The van der Waals surface area contributed by atoms with Gasteiger partial charge in [0.1, 0.15) is 0 Å². The third kappa shape index (κ3) is 5.33. The highest BCUT2D eigenvalue weighted by Gasteiger charge is 2.04. The lowest BCUT2D eigenvalue weighted by atomic mass is 9.99. The summed E-state index contributed by atoms with van der Waals surface area (Å²) >= 11 is 1.84. The van der Waals surface area contributed by atoms with Gasteiger partial charge < -0.3 is 5.32 Å². The molecule has 0 radical (unpaired) electrons. The van der Waals surface area contributed by atoms with Crippen molar-refractivity contribution in [1.82, 2.24) is 5.32 Å².